The monoisotopic (exact) mass is 326 g/mol. The van der Waals surface area contributed by atoms with Crippen LogP contribution >= 0.6 is 11.6 Å². The van der Waals surface area contributed by atoms with Crippen molar-refractivity contribution in [1.82, 2.24) is 14.5 Å². The normalized spacial score (nSPS) is 15.4. The van der Waals surface area contributed by atoms with Crippen LogP contribution < -0.4 is 4.90 Å². The molecule has 1 fully saturated rings. The van der Waals surface area contributed by atoms with Crippen molar-refractivity contribution in [3.8, 4) is 0 Å². The van der Waals surface area contributed by atoms with Crippen molar-refractivity contribution >= 4 is 28.5 Å². The number of benzene rings is 1. The lowest BCUT2D eigenvalue weighted by Crippen LogP contribution is -2.48. The van der Waals surface area contributed by atoms with Gasteiger partial charge >= 0.3 is 0 Å². The number of fused-ring (bicyclic) bond motifs is 1. The lowest BCUT2D eigenvalue weighted by atomic mass is 10.1. The van der Waals surface area contributed by atoms with Gasteiger partial charge in [-0.25, -0.2) is 9.97 Å². The summed E-state index contributed by atoms with van der Waals surface area (Å²) in [6, 6.07) is 12.7. The molecular formula is C18H19ClN4. The molecule has 1 aromatic carbocycles. The number of nitrogens with zero attached hydrogens (tertiary/aromatic N) is 4. The quantitative estimate of drug-likeness (QED) is 0.720. The van der Waals surface area contributed by atoms with Gasteiger partial charge in [-0.15, -0.1) is 0 Å². The number of halogens is 1. The van der Waals surface area contributed by atoms with Crippen molar-refractivity contribution in [3.63, 3.8) is 0 Å². The van der Waals surface area contributed by atoms with E-state index in [0.717, 1.165) is 24.4 Å². The van der Waals surface area contributed by atoms with Gasteiger partial charge in [0.2, 0.25) is 0 Å². The Hall–Kier alpha value is -2.07. The maximum Gasteiger partial charge on any atom is 0.128 e. The average Bonchev–Trinajstić information content (AvgIpc) is 2.88. The number of pyridine rings is 1. The van der Waals surface area contributed by atoms with Gasteiger partial charge in [-0.1, -0.05) is 37.6 Å². The zero-order valence-electron chi connectivity index (χ0n) is 13.3. The topological polar surface area (TPSA) is 34.0 Å². The molecule has 0 radical (unpaired) electrons. The first kappa shape index (κ1) is 14.5. The first-order valence-corrected chi connectivity index (χ1v) is 8.34. The highest BCUT2D eigenvalue weighted by Crippen LogP contribution is 2.33. The maximum atomic E-state index is 5.92. The third-order valence-electron chi connectivity index (χ3n) is 4.40. The highest BCUT2D eigenvalue weighted by molar-refractivity contribution is 6.30. The van der Waals surface area contributed by atoms with Gasteiger partial charge < -0.3 is 9.47 Å². The lowest BCUT2D eigenvalue weighted by molar-refractivity contribution is 0.390. The number of aromatic nitrogens is 3. The minimum atomic E-state index is 0.408. The summed E-state index contributed by atoms with van der Waals surface area (Å²) in [5, 5.41) is 0.675. The van der Waals surface area contributed by atoms with Crippen LogP contribution in [-0.2, 0) is 0 Å². The molecule has 4 nitrogen and oxygen atoms in total. The van der Waals surface area contributed by atoms with Crippen LogP contribution in [0.3, 0.4) is 0 Å². The van der Waals surface area contributed by atoms with Crippen LogP contribution in [0, 0.1) is 0 Å². The van der Waals surface area contributed by atoms with Gasteiger partial charge in [0.1, 0.15) is 11.6 Å². The van der Waals surface area contributed by atoms with Crippen LogP contribution in [-0.4, -0.2) is 27.6 Å². The zero-order chi connectivity index (χ0) is 16.0. The molecule has 1 aliphatic rings. The Morgan fingerprint density at radius 1 is 1.13 bits per heavy atom. The van der Waals surface area contributed by atoms with E-state index in [9.17, 15) is 0 Å². The van der Waals surface area contributed by atoms with Crippen LogP contribution in [0.1, 0.15) is 31.6 Å². The third-order valence-corrected chi connectivity index (χ3v) is 4.63. The molecular weight excluding hydrogens is 308 g/mol. The summed E-state index contributed by atoms with van der Waals surface area (Å²) in [5.74, 6) is 2.56. The Kier molecular flexibility index (Phi) is 3.49. The summed E-state index contributed by atoms with van der Waals surface area (Å²) in [5.41, 5.74) is 2.31. The van der Waals surface area contributed by atoms with Gasteiger partial charge in [0.25, 0.3) is 0 Å². The fourth-order valence-electron chi connectivity index (χ4n) is 3.21. The summed E-state index contributed by atoms with van der Waals surface area (Å²) in [7, 11) is 0. The molecule has 0 amide bonds. The minimum Gasteiger partial charge on any atom is -0.352 e. The summed E-state index contributed by atoms with van der Waals surface area (Å²) in [6.45, 7) is 6.31. The predicted molar refractivity (Wildman–Crippen MR) is 94.3 cm³/mol. The standard InChI is InChI=1S/C18H19ClN4/c1-12(2)18-21-15-5-3-4-6-16(15)23(18)14-10-22(11-14)17-8-7-13(19)9-20-17/h3-9,12,14H,10-11H2,1-2H3. The van der Waals surface area contributed by atoms with Gasteiger partial charge in [-0.3, -0.25) is 0 Å². The Morgan fingerprint density at radius 2 is 1.91 bits per heavy atom. The smallest absolute Gasteiger partial charge is 0.128 e. The number of imidazole rings is 1. The van der Waals surface area contributed by atoms with Gasteiger partial charge in [0, 0.05) is 25.2 Å². The van der Waals surface area contributed by atoms with Gasteiger partial charge in [-0.05, 0) is 24.3 Å². The largest absolute Gasteiger partial charge is 0.352 e. The fourth-order valence-corrected chi connectivity index (χ4v) is 3.33. The first-order chi connectivity index (χ1) is 11.1. The summed E-state index contributed by atoms with van der Waals surface area (Å²) >= 11 is 5.92. The van der Waals surface area contributed by atoms with Crippen molar-refractivity contribution in [1.29, 1.82) is 0 Å². The number of anilines is 1. The van der Waals surface area contributed by atoms with Crippen LogP contribution in [0.15, 0.2) is 42.6 Å². The molecule has 0 spiro atoms. The predicted octanol–water partition coefficient (Wildman–Crippen LogP) is 4.27. The number of hydrogen-bond acceptors (Lipinski definition) is 3. The molecule has 0 aliphatic carbocycles. The highest BCUT2D eigenvalue weighted by Gasteiger charge is 2.32. The van der Waals surface area contributed by atoms with Crippen molar-refractivity contribution in [2.45, 2.75) is 25.8 Å². The summed E-state index contributed by atoms with van der Waals surface area (Å²) in [4.78, 5) is 11.5. The second kappa shape index (κ2) is 5.53. The molecule has 23 heavy (non-hydrogen) atoms. The van der Waals surface area contributed by atoms with E-state index in [0.29, 0.717) is 17.0 Å². The molecule has 3 heterocycles. The van der Waals surface area contributed by atoms with Crippen LogP contribution in [0.4, 0.5) is 5.82 Å². The molecule has 4 rings (SSSR count). The number of hydrogen-bond donors (Lipinski definition) is 0. The van der Waals surface area contributed by atoms with E-state index in [1.807, 2.05) is 12.1 Å². The highest BCUT2D eigenvalue weighted by atomic mass is 35.5. The van der Waals surface area contributed by atoms with Crippen molar-refractivity contribution in [2.24, 2.45) is 0 Å². The van der Waals surface area contributed by atoms with Crippen LogP contribution in [0.25, 0.3) is 11.0 Å². The molecule has 0 unspecified atom stereocenters. The SMILES string of the molecule is CC(C)c1nc2ccccc2n1C1CN(c2ccc(Cl)cn2)C1. The van der Waals surface area contributed by atoms with Crippen LogP contribution in [0.5, 0.6) is 0 Å². The second-order valence-electron chi connectivity index (χ2n) is 6.38. The molecule has 3 aromatic rings. The van der Waals surface area contributed by atoms with E-state index >= 15 is 0 Å². The third kappa shape index (κ3) is 2.47. The molecule has 0 atom stereocenters. The lowest BCUT2D eigenvalue weighted by Gasteiger charge is -2.42. The van der Waals surface area contributed by atoms with E-state index in [4.69, 9.17) is 16.6 Å². The fraction of sp³-hybridized carbons (Fsp3) is 0.333. The zero-order valence-corrected chi connectivity index (χ0v) is 14.0. The molecule has 0 N–H and O–H groups in total. The van der Waals surface area contributed by atoms with Gasteiger partial charge in [-0.2, -0.15) is 0 Å². The van der Waals surface area contributed by atoms with E-state index in [2.05, 4.69) is 52.6 Å². The molecule has 5 heteroatoms. The Morgan fingerprint density at radius 3 is 2.61 bits per heavy atom. The molecule has 1 aliphatic heterocycles. The molecule has 118 valence electrons. The molecule has 1 saturated heterocycles. The Bertz CT molecular complexity index is 832. The first-order valence-electron chi connectivity index (χ1n) is 7.97. The van der Waals surface area contributed by atoms with Gasteiger partial charge in [0.15, 0.2) is 0 Å². The van der Waals surface area contributed by atoms with E-state index in [1.165, 1.54) is 11.3 Å². The minimum absolute atomic E-state index is 0.408. The van der Waals surface area contributed by atoms with Crippen LogP contribution in [0.2, 0.25) is 5.02 Å². The van der Waals surface area contributed by atoms with E-state index < -0.39 is 0 Å². The van der Waals surface area contributed by atoms with E-state index in [-0.39, 0.29) is 0 Å². The van der Waals surface area contributed by atoms with Gasteiger partial charge in [0.05, 0.1) is 22.1 Å². The van der Waals surface area contributed by atoms with Crippen molar-refractivity contribution in [2.75, 3.05) is 18.0 Å². The Labute approximate surface area is 140 Å². The number of para-hydroxylation sites is 2. The second-order valence-corrected chi connectivity index (χ2v) is 6.81. The Balaban J connectivity index is 1.64. The number of rotatable bonds is 3. The summed E-state index contributed by atoms with van der Waals surface area (Å²) in [6.07, 6.45) is 1.70. The molecule has 0 bridgehead atoms. The average molecular weight is 327 g/mol. The summed E-state index contributed by atoms with van der Waals surface area (Å²) < 4.78 is 2.41. The molecule has 2 aromatic heterocycles. The van der Waals surface area contributed by atoms with E-state index in [1.54, 1.807) is 6.20 Å². The maximum absolute atomic E-state index is 5.92. The van der Waals surface area contributed by atoms with Crippen molar-refractivity contribution < 1.29 is 0 Å². The molecule has 0 saturated carbocycles. The van der Waals surface area contributed by atoms with Crippen molar-refractivity contribution in [3.05, 3.63) is 53.4 Å².